The van der Waals surface area contributed by atoms with E-state index in [4.69, 9.17) is 19.9 Å². The largest absolute Gasteiger partial charge is 0.507 e. The molecule has 0 saturated heterocycles. The van der Waals surface area contributed by atoms with Gasteiger partial charge < -0.3 is 5.11 Å². The molecule has 1 N–H and O–H groups in total. The standard InChI is InChI=1S/C36H40N6O/c1-26-10-5-16-32(37-26)22-41(23-33-17-6-11-27(2)38-33)20-30-14-9-15-31(36(30)43)21-42(24-34-18-7-12-28(3)39-34)25-35-19-8-13-29(4)40-35/h5-19,43H,20-25H2,1-4H3. The molecule has 0 unspecified atom stereocenters. The molecule has 0 spiro atoms. The topological polar surface area (TPSA) is 78.3 Å². The van der Waals surface area contributed by atoms with Crippen molar-refractivity contribution in [2.24, 2.45) is 0 Å². The van der Waals surface area contributed by atoms with Crippen LogP contribution in [-0.4, -0.2) is 34.8 Å². The predicted octanol–water partition coefficient (Wildman–Crippen LogP) is 6.61. The van der Waals surface area contributed by atoms with Crippen molar-refractivity contribution in [2.45, 2.75) is 67.0 Å². The van der Waals surface area contributed by atoms with E-state index in [-0.39, 0.29) is 0 Å². The number of hydrogen-bond acceptors (Lipinski definition) is 7. The van der Waals surface area contributed by atoms with Crippen molar-refractivity contribution >= 4 is 0 Å². The molecule has 5 rings (SSSR count). The van der Waals surface area contributed by atoms with E-state index in [1.807, 2.05) is 94.4 Å². The van der Waals surface area contributed by atoms with Crippen LogP contribution < -0.4 is 0 Å². The van der Waals surface area contributed by atoms with Gasteiger partial charge >= 0.3 is 0 Å². The number of rotatable bonds is 12. The minimum absolute atomic E-state index is 0.321. The highest BCUT2D eigenvalue weighted by Gasteiger charge is 2.17. The van der Waals surface area contributed by atoms with Gasteiger partial charge in [-0.05, 0) is 76.2 Å². The Balaban J connectivity index is 1.40. The molecule has 0 aliphatic carbocycles. The van der Waals surface area contributed by atoms with Crippen LogP contribution in [-0.2, 0) is 39.3 Å². The van der Waals surface area contributed by atoms with Crippen molar-refractivity contribution < 1.29 is 5.11 Å². The summed E-state index contributed by atoms with van der Waals surface area (Å²) in [7, 11) is 0. The van der Waals surface area contributed by atoms with Gasteiger partial charge in [0.05, 0.1) is 22.8 Å². The number of aryl methyl sites for hydroxylation is 4. The van der Waals surface area contributed by atoms with E-state index in [0.29, 0.717) is 45.0 Å². The number of pyridine rings is 4. The molecule has 4 heterocycles. The number of benzene rings is 1. The highest BCUT2D eigenvalue weighted by Crippen LogP contribution is 2.27. The van der Waals surface area contributed by atoms with Crippen molar-refractivity contribution in [1.82, 2.24) is 29.7 Å². The first kappa shape index (κ1) is 30.0. The molecule has 0 amide bonds. The molecule has 5 aromatic rings. The first-order valence-electron chi connectivity index (χ1n) is 14.8. The second-order valence-electron chi connectivity index (χ2n) is 11.3. The average Bonchev–Trinajstić information content (AvgIpc) is 2.95. The Hall–Kier alpha value is -4.46. The Morgan fingerprint density at radius 1 is 0.419 bits per heavy atom. The predicted molar refractivity (Wildman–Crippen MR) is 170 cm³/mol. The number of aromatic hydroxyl groups is 1. The highest BCUT2D eigenvalue weighted by atomic mass is 16.3. The minimum atomic E-state index is 0.321. The number of para-hydroxylation sites is 1. The number of nitrogens with zero attached hydrogens (tertiary/aromatic N) is 6. The fraction of sp³-hybridized carbons (Fsp3) is 0.278. The van der Waals surface area contributed by atoms with Gasteiger partial charge in [-0.1, -0.05) is 42.5 Å². The van der Waals surface area contributed by atoms with Gasteiger partial charge in [-0.2, -0.15) is 0 Å². The summed E-state index contributed by atoms with van der Waals surface area (Å²) >= 11 is 0. The maximum atomic E-state index is 11.6. The lowest BCUT2D eigenvalue weighted by atomic mass is 10.1. The van der Waals surface area contributed by atoms with Crippen LogP contribution in [0, 0.1) is 27.7 Å². The lowest BCUT2D eigenvalue weighted by Gasteiger charge is -2.25. The van der Waals surface area contributed by atoms with E-state index < -0.39 is 0 Å². The summed E-state index contributed by atoms with van der Waals surface area (Å²) in [6.07, 6.45) is 0. The summed E-state index contributed by atoms with van der Waals surface area (Å²) in [4.78, 5) is 23.5. The summed E-state index contributed by atoms with van der Waals surface area (Å²) in [5, 5.41) is 11.6. The van der Waals surface area contributed by atoms with Crippen molar-refractivity contribution in [2.75, 3.05) is 0 Å². The monoisotopic (exact) mass is 572 g/mol. The molecule has 4 aromatic heterocycles. The van der Waals surface area contributed by atoms with E-state index in [2.05, 4.69) is 34.1 Å². The van der Waals surface area contributed by atoms with E-state index in [0.717, 1.165) is 56.7 Å². The van der Waals surface area contributed by atoms with Gasteiger partial charge in [0.2, 0.25) is 0 Å². The van der Waals surface area contributed by atoms with Crippen molar-refractivity contribution in [3.05, 3.63) is 148 Å². The SMILES string of the molecule is Cc1cccc(CN(Cc2cccc(C)n2)Cc2cccc(CN(Cc3cccc(C)n3)Cc3cccc(C)n3)c2O)n1. The van der Waals surface area contributed by atoms with Crippen molar-refractivity contribution in [1.29, 1.82) is 0 Å². The Labute approximate surface area is 255 Å². The molecular weight excluding hydrogens is 532 g/mol. The van der Waals surface area contributed by atoms with Crippen LogP contribution in [0.25, 0.3) is 0 Å². The van der Waals surface area contributed by atoms with Gasteiger partial charge in [0.1, 0.15) is 5.75 Å². The van der Waals surface area contributed by atoms with Gasteiger partial charge in [-0.25, -0.2) is 0 Å². The zero-order chi connectivity index (χ0) is 30.2. The third-order valence-corrected chi connectivity index (χ3v) is 7.32. The number of phenolic OH excluding ortho intramolecular Hbond substituents is 1. The molecule has 220 valence electrons. The summed E-state index contributed by atoms with van der Waals surface area (Å²) in [5.41, 5.74) is 9.67. The minimum Gasteiger partial charge on any atom is -0.507 e. The molecule has 0 fully saturated rings. The van der Waals surface area contributed by atoms with Crippen LogP contribution in [0.5, 0.6) is 5.75 Å². The van der Waals surface area contributed by atoms with Gasteiger partial charge in [0.15, 0.2) is 0 Å². The molecule has 0 saturated carbocycles. The second kappa shape index (κ2) is 14.1. The van der Waals surface area contributed by atoms with E-state index in [1.165, 1.54) is 0 Å². The Kier molecular flexibility index (Phi) is 9.87. The van der Waals surface area contributed by atoms with Crippen LogP contribution in [0.2, 0.25) is 0 Å². The van der Waals surface area contributed by atoms with E-state index in [1.54, 1.807) is 0 Å². The fourth-order valence-electron chi connectivity index (χ4n) is 5.38. The lowest BCUT2D eigenvalue weighted by molar-refractivity contribution is 0.231. The van der Waals surface area contributed by atoms with Gasteiger partial charge in [-0.15, -0.1) is 0 Å². The Bertz CT molecular complexity index is 1460. The molecule has 7 nitrogen and oxygen atoms in total. The summed E-state index contributed by atoms with van der Waals surface area (Å²) in [6, 6.07) is 30.5. The van der Waals surface area contributed by atoms with Crippen molar-refractivity contribution in [3.8, 4) is 5.75 Å². The normalized spacial score (nSPS) is 11.4. The van der Waals surface area contributed by atoms with Crippen LogP contribution >= 0.6 is 0 Å². The van der Waals surface area contributed by atoms with Crippen LogP contribution in [0.15, 0.2) is 91.0 Å². The lowest BCUT2D eigenvalue weighted by Crippen LogP contribution is -2.25. The van der Waals surface area contributed by atoms with Gasteiger partial charge in [0.25, 0.3) is 0 Å². The van der Waals surface area contributed by atoms with Crippen LogP contribution in [0.3, 0.4) is 0 Å². The number of hydrogen-bond donors (Lipinski definition) is 1. The molecule has 1 aromatic carbocycles. The molecule has 0 aliphatic heterocycles. The van der Waals surface area contributed by atoms with Crippen molar-refractivity contribution in [3.63, 3.8) is 0 Å². The zero-order valence-corrected chi connectivity index (χ0v) is 25.5. The Morgan fingerprint density at radius 3 is 0.977 bits per heavy atom. The molecule has 0 bridgehead atoms. The second-order valence-corrected chi connectivity index (χ2v) is 11.3. The van der Waals surface area contributed by atoms with Gasteiger partial charge in [-0.3, -0.25) is 29.7 Å². The molecule has 0 radical (unpaired) electrons. The van der Waals surface area contributed by atoms with E-state index >= 15 is 0 Å². The van der Waals surface area contributed by atoms with E-state index in [9.17, 15) is 5.11 Å². The van der Waals surface area contributed by atoms with Gasteiger partial charge in [0, 0.05) is 73.2 Å². The third kappa shape index (κ3) is 8.77. The van der Waals surface area contributed by atoms with Crippen LogP contribution in [0.1, 0.15) is 56.7 Å². The quantitative estimate of drug-likeness (QED) is 0.180. The maximum Gasteiger partial charge on any atom is 0.124 e. The third-order valence-electron chi connectivity index (χ3n) is 7.32. The highest BCUT2D eigenvalue weighted by molar-refractivity contribution is 5.40. The fourth-order valence-corrected chi connectivity index (χ4v) is 5.38. The van der Waals surface area contributed by atoms with Crippen LogP contribution in [0.4, 0.5) is 0 Å². The zero-order valence-electron chi connectivity index (χ0n) is 25.5. The average molecular weight is 573 g/mol. The molecular formula is C36H40N6O. The first-order valence-corrected chi connectivity index (χ1v) is 14.8. The summed E-state index contributed by atoms with van der Waals surface area (Å²) < 4.78 is 0. The number of phenols is 1. The maximum absolute atomic E-state index is 11.6. The first-order chi connectivity index (χ1) is 20.8. The molecule has 43 heavy (non-hydrogen) atoms. The molecule has 0 aliphatic rings. The Morgan fingerprint density at radius 2 is 0.698 bits per heavy atom. The number of aromatic nitrogens is 4. The molecule has 0 atom stereocenters. The molecule has 7 heteroatoms. The smallest absolute Gasteiger partial charge is 0.124 e. The summed E-state index contributed by atoms with van der Waals surface area (Å²) in [6.45, 7) is 11.7. The summed E-state index contributed by atoms with van der Waals surface area (Å²) in [5.74, 6) is 0.321.